The van der Waals surface area contributed by atoms with Crippen molar-refractivity contribution >= 4 is 35.3 Å². The maximum atomic E-state index is 12.0. The van der Waals surface area contributed by atoms with Gasteiger partial charge in [-0.05, 0) is 61.0 Å². The van der Waals surface area contributed by atoms with Crippen molar-refractivity contribution in [1.29, 1.82) is 0 Å². The molecule has 0 aliphatic rings. The van der Waals surface area contributed by atoms with Gasteiger partial charge >= 0.3 is 0 Å². The molecule has 6 nitrogen and oxygen atoms in total. The van der Waals surface area contributed by atoms with Gasteiger partial charge in [0.1, 0.15) is 5.75 Å². The van der Waals surface area contributed by atoms with Crippen LogP contribution < -0.4 is 15.5 Å². The summed E-state index contributed by atoms with van der Waals surface area (Å²) in [5.41, 5.74) is 5.38. The topological polar surface area (TPSA) is 79.8 Å². The predicted octanol–water partition coefficient (Wildman–Crippen LogP) is 4.43. The Labute approximate surface area is 179 Å². The number of nitrogens with zero attached hydrogens (tertiary/aromatic N) is 1. The smallest absolute Gasteiger partial charge is 0.272 e. The molecule has 0 aliphatic heterocycles. The number of hydrogen-bond acceptors (Lipinski definition) is 4. The fourth-order valence-corrected chi connectivity index (χ4v) is 2.73. The molecule has 0 spiro atoms. The summed E-state index contributed by atoms with van der Waals surface area (Å²) >= 11 is 5.98. The van der Waals surface area contributed by atoms with Crippen molar-refractivity contribution in [1.82, 2.24) is 5.43 Å². The van der Waals surface area contributed by atoms with Gasteiger partial charge in [-0.1, -0.05) is 41.4 Å². The minimum Gasteiger partial charge on any atom is -0.484 e. The number of carbonyl (C=O) groups excluding carboxylic acids is 2. The lowest BCUT2D eigenvalue weighted by Gasteiger charge is -2.08. The Kier molecular flexibility index (Phi) is 7.19. The van der Waals surface area contributed by atoms with Gasteiger partial charge in [0.05, 0.1) is 16.8 Å². The van der Waals surface area contributed by atoms with Crippen LogP contribution in [0.4, 0.5) is 5.69 Å². The van der Waals surface area contributed by atoms with Crippen LogP contribution in [0.3, 0.4) is 0 Å². The molecule has 0 atom stereocenters. The molecule has 0 unspecified atom stereocenters. The highest BCUT2D eigenvalue weighted by Gasteiger charge is 2.08. The number of halogens is 1. The van der Waals surface area contributed by atoms with Gasteiger partial charge in [0.15, 0.2) is 6.61 Å². The Bertz CT molecular complexity index is 1050. The fourth-order valence-electron chi connectivity index (χ4n) is 2.50. The SMILES string of the molecule is Cc1ccc(NC(=O)COc2ccc(/C=N\NC(=O)c3ccccc3Cl)cc2)cc1. The second kappa shape index (κ2) is 10.2. The Morgan fingerprint density at radius 3 is 2.40 bits per heavy atom. The number of rotatable bonds is 7. The summed E-state index contributed by atoms with van der Waals surface area (Å²) in [4.78, 5) is 24.0. The van der Waals surface area contributed by atoms with Crippen LogP contribution in [-0.2, 0) is 4.79 Å². The first-order valence-electron chi connectivity index (χ1n) is 9.18. The first-order valence-corrected chi connectivity index (χ1v) is 9.56. The van der Waals surface area contributed by atoms with Crippen LogP contribution in [0.5, 0.6) is 5.75 Å². The van der Waals surface area contributed by atoms with Gasteiger partial charge in [-0.2, -0.15) is 5.10 Å². The van der Waals surface area contributed by atoms with E-state index in [0.29, 0.717) is 16.3 Å². The molecule has 0 aliphatic carbocycles. The summed E-state index contributed by atoms with van der Waals surface area (Å²) in [7, 11) is 0. The van der Waals surface area contributed by atoms with Crippen LogP contribution in [0.2, 0.25) is 5.02 Å². The number of hydrogen-bond donors (Lipinski definition) is 2. The number of nitrogens with one attached hydrogen (secondary N) is 2. The molecule has 0 bridgehead atoms. The van der Waals surface area contributed by atoms with Crippen molar-refractivity contribution in [2.75, 3.05) is 11.9 Å². The van der Waals surface area contributed by atoms with Gasteiger partial charge in [-0.15, -0.1) is 0 Å². The first kappa shape index (κ1) is 21.1. The Balaban J connectivity index is 1.47. The van der Waals surface area contributed by atoms with E-state index in [1.165, 1.54) is 6.21 Å². The highest BCUT2D eigenvalue weighted by atomic mass is 35.5. The summed E-state index contributed by atoms with van der Waals surface area (Å²) in [6.45, 7) is 1.88. The molecule has 2 amide bonds. The molecule has 3 aromatic rings. The van der Waals surface area contributed by atoms with Gasteiger partial charge in [0.25, 0.3) is 11.8 Å². The van der Waals surface area contributed by atoms with Gasteiger partial charge in [0, 0.05) is 5.69 Å². The standard InChI is InChI=1S/C23H20ClN3O3/c1-16-6-10-18(11-7-16)26-22(28)15-30-19-12-8-17(9-13-19)14-25-27-23(29)20-4-2-3-5-21(20)24/h2-14H,15H2,1H3,(H,26,28)(H,27,29)/b25-14-. The Morgan fingerprint density at radius 1 is 1.00 bits per heavy atom. The van der Waals surface area contributed by atoms with Gasteiger partial charge in [-0.3, -0.25) is 9.59 Å². The van der Waals surface area contributed by atoms with E-state index in [-0.39, 0.29) is 12.5 Å². The lowest BCUT2D eigenvalue weighted by atomic mass is 10.2. The summed E-state index contributed by atoms with van der Waals surface area (Å²) in [6, 6.07) is 21.2. The van der Waals surface area contributed by atoms with E-state index in [9.17, 15) is 9.59 Å². The highest BCUT2D eigenvalue weighted by Crippen LogP contribution is 2.15. The molecule has 30 heavy (non-hydrogen) atoms. The number of hydrazone groups is 1. The lowest BCUT2D eigenvalue weighted by molar-refractivity contribution is -0.118. The number of carbonyl (C=O) groups is 2. The summed E-state index contributed by atoms with van der Waals surface area (Å²) < 4.78 is 5.49. The van der Waals surface area contributed by atoms with Crippen LogP contribution in [0.25, 0.3) is 0 Å². The summed E-state index contributed by atoms with van der Waals surface area (Å²) in [5, 5.41) is 7.06. The maximum Gasteiger partial charge on any atom is 0.272 e. The number of anilines is 1. The highest BCUT2D eigenvalue weighted by molar-refractivity contribution is 6.33. The molecule has 0 saturated heterocycles. The lowest BCUT2D eigenvalue weighted by Crippen LogP contribution is -2.20. The Hall–Kier alpha value is -3.64. The molecular weight excluding hydrogens is 402 g/mol. The van der Waals surface area contributed by atoms with Crippen molar-refractivity contribution in [3.8, 4) is 5.75 Å². The van der Waals surface area contributed by atoms with E-state index in [1.54, 1.807) is 48.5 Å². The van der Waals surface area contributed by atoms with Crippen molar-refractivity contribution in [3.05, 3.63) is 94.5 Å². The number of ether oxygens (including phenoxy) is 1. The predicted molar refractivity (Wildman–Crippen MR) is 118 cm³/mol. The van der Waals surface area contributed by atoms with Crippen LogP contribution in [-0.4, -0.2) is 24.6 Å². The van der Waals surface area contributed by atoms with E-state index >= 15 is 0 Å². The zero-order chi connectivity index (χ0) is 21.3. The molecule has 152 valence electrons. The van der Waals surface area contributed by atoms with Crippen LogP contribution in [0.15, 0.2) is 77.9 Å². The van der Waals surface area contributed by atoms with E-state index < -0.39 is 5.91 Å². The van der Waals surface area contributed by atoms with Crippen LogP contribution >= 0.6 is 11.6 Å². The van der Waals surface area contributed by atoms with Gasteiger partial charge in [0.2, 0.25) is 0 Å². The minimum absolute atomic E-state index is 0.102. The number of aryl methyl sites for hydroxylation is 1. The van der Waals surface area contributed by atoms with Crippen molar-refractivity contribution in [2.24, 2.45) is 5.10 Å². The third-order valence-corrected chi connectivity index (χ3v) is 4.41. The van der Waals surface area contributed by atoms with Crippen molar-refractivity contribution in [2.45, 2.75) is 6.92 Å². The van der Waals surface area contributed by atoms with E-state index in [1.807, 2.05) is 31.2 Å². The van der Waals surface area contributed by atoms with E-state index in [2.05, 4.69) is 15.8 Å². The Morgan fingerprint density at radius 2 is 1.70 bits per heavy atom. The van der Waals surface area contributed by atoms with Gasteiger partial charge in [-0.25, -0.2) is 5.43 Å². The minimum atomic E-state index is -0.392. The van der Waals surface area contributed by atoms with Gasteiger partial charge < -0.3 is 10.1 Å². The quantitative estimate of drug-likeness (QED) is 0.437. The monoisotopic (exact) mass is 421 g/mol. The zero-order valence-electron chi connectivity index (χ0n) is 16.3. The molecule has 0 heterocycles. The molecular formula is C23H20ClN3O3. The molecule has 0 aromatic heterocycles. The molecule has 0 saturated carbocycles. The van der Waals surface area contributed by atoms with E-state index in [0.717, 1.165) is 16.8 Å². The van der Waals surface area contributed by atoms with Crippen LogP contribution in [0, 0.1) is 6.92 Å². The maximum absolute atomic E-state index is 12.0. The molecule has 7 heteroatoms. The third-order valence-electron chi connectivity index (χ3n) is 4.08. The molecule has 2 N–H and O–H groups in total. The second-order valence-corrected chi connectivity index (χ2v) is 6.86. The molecule has 0 radical (unpaired) electrons. The van der Waals surface area contributed by atoms with E-state index in [4.69, 9.17) is 16.3 Å². The second-order valence-electron chi connectivity index (χ2n) is 6.45. The molecule has 0 fully saturated rings. The summed E-state index contributed by atoms with van der Waals surface area (Å²) in [6.07, 6.45) is 1.50. The first-order chi connectivity index (χ1) is 14.5. The number of benzene rings is 3. The van der Waals surface area contributed by atoms with Crippen molar-refractivity contribution in [3.63, 3.8) is 0 Å². The third kappa shape index (κ3) is 6.18. The molecule has 3 rings (SSSR count). The summed E-state index contributed by atoms with van der Waals surface area (Å²) in [5.74, 6) is -0.0884. The average Bonchev–Trinajstić information content (AvgIpc) is 2.75. The normalized spacial score (nSPS) is 10.6. The fraction of sp³-hybridized carbons (Fsp3) is 0.0870. The van der Waals surface area contributed by atoms with Crippen LogP contribution in [0.1, 0.15) is 21.5 Å². The largest absolute Gasteiger partial charge is 0.484 e. The average molecular weight is 422 g/mol. The number of amides is 2. The molecule has 3 aromatic carbocycles. The zero-order valence-corrected chi connectivity index (χ0v) is 17.0. The van der Waals surface area contributed by atoms with Crippen molar-refractivity contribution < 1.29 is 14.3 Å².